The highest BCUT2D eigenvalue weighted by Crippen LogP contribution is 2.25. The average molecular weight is 213 g/mol. The Morgan fingerprint density at radius 2 is 1.73 bits per heavy atom. The van der Waals surface area contributed by atoms with Crippen LogP contribution >= 0.6 is 0 Å². The Hall–Kier alpha value is -0.410. The van der Waals surface area contributed by atoms with Crippen LogP contribution in [0.25, 0.3) is 0 Å². The fraction of sp³-hybridized carbons (Fsp3) is 0.917. The number of nitrogens with one attached hydrogen (secondary N) is 1. The quantitative estimate of drug-likeness (QED) is 0.773. The number of hydrogen-bond acceptors (Lipinski definition) is 3. The molecule has 1 aliphatic heterocycles. The van der Waals surface area contributed by atoms with Crippen LogP contribution in [-0.2, 0) is 9.53 Å². The number of carbonyl (C=O) groups excluding carboxylic acids is 1. The summed E-state index contributed by atoms with van der Waals surface area (Å²) in [5.74, 6) is 0.425. The first-order valence-corrected chi connectivity index (χ1v) is 5.88. The summed E-state index contributed by atoms with van der Waals surface area (Å²) in [4.78, 5) is 12.2. The summed E-state index contributed by atoms with van der Waals surface area (Å²) in [6.45, 7) is 9.51. The maximum Gasteiger partial charge on any atom is 0.155 e. The van der Waals surface area contributed by atoms with Crippen molar-refractivity contribution < 1.29 is 9.53 Å². The first-order valence-electron chi connectivity index (χ1n) is 5.88. The minimum absolute atomic E-state index is 0.0920. The van der Waals surface area contributed by atoms with Crippen molar-refractivity contribution in [2.24, 2.45) is 5.92 Å². The average Bonchev–Trinajstić information content (AvgIpc) is 2.16. The van der Waals surface area contributed by atoms with Crippen LogP contribution in [0.1, 0.15) is 40.5 Å². The van der Waals surface area contributed by atoms with Gasteiger partial charge in [-0.1, -0.05) is 13.8 Å². The van der Waals surface area contributed by atoms with Crippen LogP contribution in [0.15, 0.2) is 0 Å². The van der Waals surface area contributed by atoms with E-state index in [9.17, 15) is 4.79 Å². The summed E-state index contributed by atoms with van der Waals surface area (Å²) >= 11 is 0. The van der Waals surface area contributed by atoms with Gasteiger partial charge in [0.05, 0.1) is 5.54 Å². The third-order valence-corrected chi connectivity index (χ3v) is 2.91. The molecule has 1 heterocycles. The fourth-order valence-corrected chi connectivity index (χ4v) is 2.29. The molecule has 0 aromatic rings. The third kappa shape index (κ3) is 3.02. The Labute approximate surface area is 92.6 Å². The Bertz CT molecular complexity index is 218. The van der Waals surface area contributed by atoms with Gasteiger partial charge in [0.25, 0.3) is 0 Å². The largest absolute Gasteiger partial charge is 0.381 e. The smallest absolute Gasteiger partial charge is 0.155 e. The summed E-state index contributed by atoms with van der Waals surface area (Å²) in [6.07, 6.45) is 1.62. The van der Waals surface area contributed by atoms with Gasteiger partial charge < -0.3 is 10.1 Å². The van der Waals surface area contributed by atoms with Gasteiger partial charge in [-0.25, -0.2) is 0 Å². The van der Waals surface area contributed by atoms with Crippen molar-refractivity contribution >= 4 is 5.78 Å². The van der Waals surface area contributed by atoms with Crippen molar-refractivity contribution in [3.05, 3.63) is 0 Å². The zero-order chi connectivity index (χ0) is 11.5. The van der Waals surface area contributed by atoms with E-state index >= 15 is 0 Å². The van der Waals surface area contributed by atoms with Gasteiger partial charge in [0.2, 0.25) is 0 Å². The molecule has 88 valence electrons. The number of ketones is 1. The predicted molar refractivity (Wildman–Crippen MR) is 60.9 cm³/mol. The van der Waals surface area contributed by atoms with Gasteiger partial charge in [0.1, 0.15) is 0 Å². The highest BCUT2D eigenvalue weighted by molar-refractivity contribution is 5.90. The van der Waals surface area contributed by atoms with E-state index in [2.05, 4.69) is 19.2 Å². The Morgan fingerprint density at radius 3 is 2.13 bits per heavy atom. The van der Waals surface area contributed by atoms with Crippen LogP contribution in [-0.4, -0.2) is 30.6 Å². The summed E-state index contributed by atoms with van der Waals surface area (Å²) < 4.78 is 5.34. The third-order valence-electron chi connectivity index (χ3n) is 2.91. The van der Waals surface area contributed by atoms with E-state index in [1.54, 1.807) is 0 Å². The van der Waals surface area contributed by atoms with Crippen LogP contribution in [0.4, 0.5) is 0 Å². The lowest BCUT2D eigenvalue weighted by atomic mass is 9.80. The van der Waals surface area contributed by atoms with E-state index in [1.165, 1.54) is 0 Å². The van der Waals surface area contributed by atoms with E-state index in [4.69, 9.17) is 4.74 Å². The maximum atomic E-state index is 12.2. The minimum atomic E-state index is -0.333. The molecule has 1 rings (SSSR count). The second-order valence-electron chi connectivity index (χ2n) is 5.01. The lowest BCUT2D eigenvalue weighted by Crippen LogP contribution is -2.58. The topological polar surface area (TPSA) is 38.3 Å². The van der Waals surface area contributed by atoms with Crippen LogP contribution in [0.3, 0.4) is 0 Å². The number of ether oxygens (including phenoxy) is 1. The molecule has 0 amide bonds. The molecule has 15 heavy (non-hydrogen) atoms. The molecule has 0 bridgehead atoms. The van der Waals surface area contributed by atoms with Gasteiger partial charge in [0.15, 0.2) is 5.78 Å². The van der Waals surface area contributed by atoms with Gasteiger partial charge in [-0.2, -0.15) is 0 Å². The molecule has 3 nitrogen and oxygen atoms in total. The molecule has 0 aliphatic carbocycles. The number of carbonyl (C=O) groups is 1. The summed E-state index contributed by atoms with van der Waals surface area (Å²) in [5.41, 5.74) is -0.333. The van der Waals surface area contributed by atoms with E-state index < -0.39 is 0 Å². The van der Waals surface area contributed by atoms with Crippen LogP contribution in [0, 0.1) is 5.92 Å². The molecule has 0 spiro atoms. The van der Waals surface area contributed by atoms with Crippen molar-refractivity contribution in [3.63, 3.8) is 0 Å². The molecule has 0 aromatic carbocycles. The van der Waals surface area contributed by atoms with Crippen molar-refractivity contribution in [3.8, 4) is 0 Å². The Kier molecular flexibility index (Phi) is 4.29. The predicted octanol–water partition coefficient (Wildman–Crippen LogP) is 1.76. The highest BCUT2D eigenvalue weighted by Gasteiger charge is 2.40. The fourth-order valence-electron chi connectivity index (χ4n) is 2.29. The zero-order valence-corrected chi connectivity index (χ0v) is 10.3. The molecule has 1 saturated heterocycles. The van der Waals surface area contributed by atoms with Gasteiger partial charge in [-0.3, -0.25) is 4.79 Å². The Balaban J connectivity index is 2.79. The van der Waals surface area contributed by atoms with E-state index in [1.807, 2.05) is 13.8 Å². The minimum Gasteiger partial charge on any atom is -0.381 e. The van der Waals surface area contributed by atoms with Gasteiger partial charge in [0, 0.05) is 25.2 Å². The van der Waals surface area contributed by atoms with Gasteiger partial charge in [-0.05, 0) is 26.7 Å². The van der Waals surface area contributed by atoms with Crippen LogP contribution in [0.5, 0.6) is 0 Å². The van der Waals surface area contributed by atoms with Crippen LogP contribution < -0.4 is 5.32 Å². The molecule has 1 fully saturated rings. The molecule has 0 saturated carbocycles. The number of rotatable bonds is 4. The lowest BCUT2D eigenvalue weighted by Gasteiger charge is -2.39. The molecule has 0 unspecified atom stereocenters. The monoisotopic (exact) mass is 213 g/mol. The van der Waals surface area contributed by atoms with Crippen molar-refractivity contribution in [1.29, 1.82) is 0 Å². The zero-order valence-electron chi connectivity index (χ0n) is 10.3. The molecule has 1 aliphatic rings. The molecule has 1 N–H and O–H groups in total. The van der Waals surface area contributed by atoms with E-state index in [-0.39, 0.29) is 11.5 Å². The molecule has 0 aromatic heterocycles. The molecular weight excluding hydrogens is 190 g/mol. The normalized spacial score (nSPS) is 20.9. The summed E-state index contributed by atoms with van der Waals surface area (Å²) in [7, 11) is 0. The van der Waals surface area contributed by atoms with Crippen molar-refractivity contribution in [2.45, 2.75) is 52.1 Å². The maximum absolute atomic E-state index is 12.2. The number of Topliss-reactive ketones (excluding diaryl/α,β-unsaturated/α-hetero) is 1. The first-order chi connectivity index (χ1) is 6.98. The Morgan fingerprint density at radius 1 is 1.20 bits per heavy atom. The van der Waals surface area contributed by atoms with Crippen LogP contribution in [0.2, 0.25) is 0 Å². The highest BCUT2D eigenvalue weighted by atomic mass is 16.5. The summed E-state index contributed by atoms with van der Waals surface area (Å²) in [6, 6.07) is 0.339. The molecule has 3 heteroatoms. The second kappa shape index (κ2) is 5.08. The van der Waals surface area contributed by atoms with E-state index in [0.717, 1.165) is 12.8 Å². The first kappa shape index (κ1) is 12.7. The molecule has 0 atom stereocenters. The van der Waals surface area contributed by atoms with Gasteiger partial charge in [-0.15, -0.1) is 0 Å². The standard InChI is InChI=1S/C12H23NO2/c1-9(2)11(14)12(13-10(3)4)5-7-15-8-6-12/h9-10,13H,5-8H2,1-4H3. The molecular formula is C12H23NO2. The van der Waals surface area contributed by atoms with Crippen molar-refractivity contribution in [2.75, 3.05) is 13.2 Å². The SMILES string of the molecule is CC(C)NC1(C(=O)C(C)C)CCOCC1. The van der Waals surface area contributed by atoms with E-state index in [0.29, 0.717) is 25.0 Å². The number of hydrogen-bond donors (Lipinski definition) is 1. The van der Waals surface area contributed by atoms with Crippen molar-refractivity contribution in [1.82, 2.24) is 5.32 Å². The summed E-state index contributed by atoms with van der Waals surface area (Å²) in [5, 5.41) is 3.45. The molecule has 0 radical (unpaired) electrons. The van der Waals surface area contributed by atoms with Gasteiger partial charge >= 0.3 is 0 Å². The lowest BCUT2D eigenvalue weighted by molar-refractivity contribution is -0.133. The second-order valence-corrected chi connectivity index (χ2v) is 5.01.